The fraction of sp³-hybridized carbons (Fsp3) is 0.235. The standard InChI is InChI=1S/C17H17ClN2O4S/c1-24-16-6-3-13(18)8-12(16)10-19-25(22,23)14-4-5-15-11(9-14)2-7-17(21)20-15/h3-6,8-9,19H,2,7,10H2,1H3,(H,20,21). The third-order valence-corrected chi connectivity index (χ3v) is 5.61. The topological polar surface area (TPSA) is 84.5 Å². The summed E-state index contributed by atoms with van der Waals surface area (Å²) in [6.45, 7) is 0.0554. The molecule has 1 amide bonds. The zero-order valence-corrected chi connectivity index (χ0v) is 15.1. The first-order chi connectivity index (χ1) is 11.9. The number of benzene rings is 2. The van der Waals surface area contributed by atoms with E-state index in [9.17, 15) is 13.2 Å². The van der Waals surface area contributed by atoms with Gasteiger partial charge in [0.1, 0.15) is 5.75 Å². The third-order valence-electron chi connectivity index (χ3n) is 3.98. The highest BCUT2D eigenvalue weighted by molar-refractivity contribution is 7.89. The number of ether oxygens (including phenoxy) is 1. The molecule has 0 atom stereocenters. The van der Waals surface area contributed by atoms with E-state index in [0.717, 1.165) is 5.56 Å². The van der Waals surface area contributed by atoms with E-state index in [-0.39, 0.29) is 17.3 Å². The first-order valence-electron chi connectivity index (χ1n) is 7.64. The van der Waals surface area contributed by atoms with Gasteiger partial charge in [0.05, 0.1) is 12.0 Å². The molecule has 1 aliphatic rings. The Bertz CT molecular complexity index is 928. The van der Waals surface area contributed by atoms with Crippen LogP contribution in [-0.2, 0) is 27.8 Å². The van der Waals surface area contributed by atoms with Crippen LogP contribution in [0.3, 0.4) is 0 Å². The molecule has 0 spiro atoms. The van der Waals surface area contributed by atoms with Gasteiger partial charge in [-0.3, -0.25) is 4.79 Å². The van der Waals surface area contributed by atoms with Crippen LogP contribution in [0.4, 0.5) is 5.69 Å². The van der Waals surface area contributed by atoms with Crippen LogP contribution in [0.5, 0.6) is 5.75 Å². The van der Waals surface area contributed by atoms with Gasteiger partial charge in [0.15, 0.2) is 0 Å². The number of rotatable bonds is 5. The Morgan fingerprint density at radius 2 is 2.00 bits per heavy atom. The van der Waals surface area contributed by atoms with Crippen LogP contribution in [0.2, 0.25) is 5.02 Å². The SMILES string of the molecule is COc1ccc(Cl)cc1CNS(=O)(=O)c1ccc2c(c1)CCC(=O)N2. The number of methoxy groups -OCH3 is 1. The molecule has 6 nitrogen and oxygen atoms in total. The summed E-state index contributed by atoms with van der Waals surface area (Å²) in [7, 11) is -2.19. The number of anilines is 1. The van der Waals surface area contributed by atoms with Gasteiger partial charge in [-0.1, -0.05) is 11.6 Å². The second-order valence-electron chi connectivity index (χ2n) is 5.65. The lowest BCUT2D eigenvalue weighted by Gasteiger charge is -2.18. The van der Waals surface area contributed by atoms with Gasteiger partial charge >= 0.3 is 0 Å². The molecule has 2 N–H and O–H groups in total. The van der Waals surface area contributed by atoms with E-state index >= 15 is 0 Å². The van der Waals surface area contributed by atoms with E-state index in [1.807, 2.05) is 0 Å². The highest BCUT2D eigenvalue weighted by Gasteiger charge is 2.20. The van der Waals surface area contributed by atoms with Crippen molar-refractivity contribution in [2.75, 3.05) is 12.4 Å². The normalized spacial score (nSPS) is 13.9. The number of halogens is 1. The fourth-order valence-electron chi connectivity index (χ4n) is 2.67. The van der Waals surface area contributed by atoms with Gasteiger partial charge in [0.2, 0.25) is 15.9 Å². The molecule has 1 heterocycles. The van der Waals surface area contributed by atoms with E-state index in [2.05, 4.69) is 10.0 Å². The number of hydrogen-bond acceptors (Lipinski definition) is 4. The summed E-state index contributed by atoms with van der Waals surface area (Å²) in [4.78, 5) is 11.5. The van der Waals surface area contributed by atoms with Crippen molar-refractivity contribution in [3.8, 4) is 5.75 Å². The molecule has 0 saturated heterocycles. The predicted molar refractivity (Wildman–Crippen MR) is 95.4 cm³/mol. The molecule has 0 radical (unpaired) electrons. The van der Waals surface area contributed by atoms with Crippen molar-refractivity contribution in [2.24, 2.45) is 0 Å². The molecule has 3 rings (SSSR count). The number of sulfonamides is 1. The van der Waals surface area contributed by atoms with Crippen LogP contribution in [0.25, 0.3) is 0 Å². The maximum Gasteiger partial charge on any atom is 0.240 e. The Morgan fingerprint density at radius 3 is 2.76 bits per heavy atom. The van der Waals surface area contributed by atoms with Gasteiger partial charge in [-0.05, 0) is 48.4 Å². The maximum absolute atomic E-state index is 12.6. The Balaban J connectivity index is 1.81. The van der Waals surface area contributed by atoms with Crippen LogP contribution >= 0.6 is 11.6 Å². The summed E-state index contributed by atoms with van der Waals surface area (Å²) in [5, 5.41) is 3.23. The molecule has 2 aromatic rings. The van der Waals surface area contributed by atoms with E-state index < -0.39 is 10.0 Å². The van der Waals surface area contributed by atoms with E-state index in [1.54, 1.807) is 30.3 Å². The first-order valence-corrected chi connectivity index (χ1v) is 9.50. The van der Waals surface area contributed by atoms with Gasteiger partial charge in [-0.2, -0.15) is 0 Å². The van der Waals surface area contributed by atoms with Crippen molar-refractivity contribution in [3.05, 3.63) is 52.5 Å². The summed E-state index contributed by atoms with van der Waals surface area (Å²) >= 11 is 5.96. The lowest BCUT2D eigenvalue weighted by molar-refractivity contribution is -0.116. The highest BCUT2D eigenvalue weighted by Crippen LogP contribution is 2.26. The quantitative estimate of drug-likeness (QED) is 0.835. The van der Waals surface area contributed by atoms with E-state index in [0.29, 0.717) is 34.9 Å². The summed E-state index contributed by atoms with van der Waals surface area (Å²) in [5.74, 6) is 0.495. The van der Waals surface area contributed by atoms with Crippen LogP contribution in [0, 0.1) is 0 Å². The summed E-state index contributed by atoms with van der Waals surface area (Å²) in [6, 6.07) is 9.70. The smallest absolute Gasteiger partial charge is 0.240 e. The first kappa shape index (κ1) is 17.7. The van der Waals surface area contributed by atoms with Crippen LogP contribution in [0.15, 0.2) is 41.3 Å². The average Bonchev–Trinajstić information content (AvgIpc) is 2.59. The number of aryl methyl sites for hydroxylation is 1. The largest absolute Gasteiger partial charge is 0.496 e. The zero-order chi connectivity index (χ0) is 18.0. The number of carbonyl (C=O) groups excluding carboxylic acids is 1. The molecule has 0 fully saturated rings. The molecular formula is C17H17ClN2O4S. The number of hydrogen-bond donors (Lipinski definition) is 2. The second-order valence-corrected chi connectivity index (χ2v) is 7.85. The summed E-state index contributed by atoms with van der Waals surface area (Å²) in [6.07, 6.45) is 0.871. The summed E-state index contributed by atoms with van der Waals surface area (Å²) < 4.78 is 32.9. The van der Waals surface area contributed by atoms with Crippen molar-refractivity contribution in [1.29, 1.82) is 0 Å². The van der Waals surface area contributed by atoms with Gasteiger partial charge in [0, 0.05) is 29.2 Å². The lowest BCUT2D eigenvalue weighted by Crippen LogP contribution is -2.24. The Labute approximate surface area is 151 Å². The molecule has 1 aliphatic heterocycles. The van der Waals surface area contributed by atoms with Crippen molar-refractivity contribution in [3.63, 3.8) is 0 Å². The Kier molecular flexibility index (Phi) is 4.99. The average molecular weight is 381 g/mol. The van der Waals surface area contributed by atoms with Crippen molar-refractivity contribution < 1.29 is 17.9 Å². The van der Waals surface area contributed by atoms with Gasteiger partial charge in [-0.15, -0.1) is 0 Å². The fourth-order valence-corrected chi connectivity index (χ4v) is 3.92. The minimum Gasteiger partial charge on any atom is -0.496 e. The lowest BCUT2D eigenvalue weighted by atomic mass is 10.0. The number of nitrogens with one attached hydrogen (secondary N) is 2. The molecular weight excluding hydrogens is 364 g/mol. The van der Waals surface area contributed by atoms with Crippen LogP contribution in [-0.4, -0.2) is 21.4 Å². The minimum absolute atomic E-state index is 0.0554. The Hall–Kier alpha value is -2.09. The number of fused-ring (bicyclic) bond motifs is 1. The van der Waals surface area contributed by atoms with Crippen molar-refractivity contribution >= 4 is 33.2 Å². The van der Waals surface area contributed by atoms with Crippen molar-refractivity contribution in [2.45, 2.75) is 24.3 Å². The van der Waals surface area contributed by atoms with E-state index in [1.165, 1.54) is 13.2 Å². The molecule has 2 aromatic carbocycles. The van der Waals surface area contributed by atoms with Gasteiger partial charge < -0.3 is 10.1 Å². The van der Waals surface area contributed by atoms with Gasteiger partial charge in [0.25, 0.3) is 0 Å². The maximum atomic E-state index is 12.6. The highest BCUT2D eigenvalue weighted by atomic mass is 35.5. The molecule has 0 bridgehead atoms. The Morgan fingerprint density at radius 1 is 1.20 bits per heavy atom. The van der Waals surface area contributed by atoms with E-state index in [4.69, 9.17) is 16.3 Å². The molecule has 8 heteroatoms. The molecule has 0 aromatic heterocycles. The van der Waals surface area contributed by atoms with Crippen LogP contribution in [0.1, 0.15) is 17.5 Å². The molecule has 0 aliphatic carbocycles. The van der Waals surface area contributed by atoms with Gasteiger partial charge in [-0.25, -0.2) is 13.1 Å². The zero-order valence-electron chi connectivity index (χ0n) is 13.5. The second kappa shape index (κ2) is 7.03. The molecule has 0 saturated carbocycles. The number of carbonyl (C=O) groups is 1. The number of amides is 1. The molecule has 132 valence electrons. The molecule has 25 heavy (non-hydrogen) atoms. The van der Waals surface area contributed by atoms with Crippen LogP contribution < -0.4 is 14.8 Å². The van der Waals surface area contributed by atoms with Crippen molar-refractivity contribution in [1.82, 2.24) is 4.72 Å². The minimum atomic E-state index is -3.70. The monoisotopic (exact) mass is 380 g/mol. The third kappa shape index (κ3) is 3.95. The molecule has 0 unspecified atom stereocenters. The summed E-state index contributed by atoms with van der Waals surface area (Å²) in [5.41, 5.74) is 2.11. The predicted octanol–water partition coefficient (Wildman–Crippen LogP) is 2.71.